The molecule has 0 aromatic heterocycles. The van der Waals surface area contributed by atoms with Crippen LogP contribution in [0.1, 0.15) is 32.6 Å². The van der Waals surface area contributed by atoms with Crippen LogP contribution in [0.4, 0.5) is 0 Å². The highest BCUT2D eigenvalue weighted by molar-refractivity contribution is 7.99. The summed E-state index contributed by atoms with van der Waals surface area (Å²) >= 11 is 2.07. The fraction of sp³-hybridized carbons (Fsp3) is 1.00. The van der Waals surface area contributed by atoms with Crippen LogP contribution in [0, 0.1) is 5.92 Å². The third kappa shape index (κ3) is 4.12. The third-order valence-corrected chi connectivity index (χ3v) is 5.09. The van der Waals surface area contributed by atoms with E-state index in [1.54, 1.807) is 7.11 Å². The number of methoxy groups -OCH3 is 1. The highest BCUT2D eigenvalue weighted by Crippen LogP contribution is 2.37. The van der Waals surface area contributed by atoms with Gasteiger partial charge in [0.1, 0.15) is 0 Å². The maximum absolute atomic E-state index is 6.11. The number of nitrogens with one attached hydrogen (secondary N) is 1. The van der Waals surface area contributed by atoms with Crippen LogP contribution in [0.15, 0.2) is 0 Å². The molecule has 0 saturated carbocycles. The van der Waals surface area contributed by atoms with Gasteiger partial charge < -0.3 is 14.8 Å². The summed E-state index contributed by atoms with van der Waals surface area (Å²) in [6.07, 6.45) is 4.84. The van der Waals surface area contributed by atoms with Crippen molar-refractivity contribution in [3.63, 3.8) is 0 Å². The predicted molar refractivity (Wildman–Crippen MR) is 77.3 cm³/mol. The molecule has 2 rings (SSSR count). The van der Waals surface area contributed by atoms with E-state index < -0.39 is 0 Å². The van der Waals surface area contributed by atoms with Crippen LogP contribution in [-0.4, -0.2) is 50.0 Å². The zero-order valence-corrected chi connectivity index (χ0v) is 12.6. The van der Waals surface area contributed by atoms with Crippen LogP contribution in [0.25, 0.3) is 0 Å². The van der Waals surface area contributed by atoms with Gasteiger partial charge in [0, 0.05) is 32.9 Å². The van der Waals surface area contributed by atoms with Crippen LogP contribution < -0.4 is 5.32 Å². The van der Waals surface area contributed by atoms with Crippen molar-refractivity contribution in [3.8, 4) is 0 Å². The molecule has 0 aliphatic carbocycles. The minimum Gasteiger partial charge on any atom is -0.384 e. The maximum atomic E-state index is 6.11. The molecule has 2 atom stereocenters. The molecular weight excluding hydrogens is 246 g/mol. The molecule has 3 nitrogen and oxygen atoms in total. The molecule has 2 aliphatic heterocycles. The smallest absolute Gasteiger partial charge is 0.0713 e. The number of hydrogen-bond acceptors (Lipinski definition) is 4. The number of ether oxygens (including phenoxy) is 2. The Kier molecular flexibility index (Phi) is 5.80. The lowest BCUT2D eigenvalue weighted by molar-refractivity contribution is -0.0934. The largest absolute Gasteiger partial charge is 0.384 e. The number of thioether (sulfide) groups is 1. The Labute approximate surface area is 115 Å². The van der Waals surface area contributed by atoms with Crippen molar-refractivity contribution in [2.75, 3.05) is 38.4 Å². The Morgan fingerprint density at radius 1 is 1.44 bits per heavy atom. The molecule has 0 aromatic rings. The average Bonchev–Trinajstić information content (AvgIpc) is 2.38. The van der Waals surface area contributed by atoms with Crippen LogP contribution >= 0.6 is 11.8 Å². The molecule has 0 radical (unpaired) electrons. The molecule has 2 unspecified atom stereocenters. The van der Waals surface area contributed by atoms with Gasteiger partial charge in [-0.15, -0.1) is 0 Å². The van der Waals surface area contributed by atoms with Crippen LogP contribution in [0.2, 0.25) is 0 Å². The molecule has 18 heavy (non-hydrogen) atoms. The van der Waals surface area contributed by atoms with Crippen molar-refractivity contribution in [3.05, 3.63) is 0 Å². The van der Waals surface area contributed by atoms with Gasteiger partial charge in [-0.25, -0.2) is 0 Å². The Morgan fingerprint density at radius 3 is 2.94 bits per heavy atom. The van der Waals surface area contributed by atoms with Gasteiger partial charge in [-0.2, -0.15) is 11.8 Å². The zero-order valence-electron chi connectivity index (χ0n) is 11.7. The average molecular weight is 273 g/mol. The Balaban J connectivity index is 1.76. The molecule has 106 valence electrons. The van der Waals surface area contributed by atoms with Gasteiger partial charge in [-0.05, 0) is 43.1 Å². The van der Waals surface area contributed by atoms with E-state index in [2.05, 4.69) is 24.0 Å². The van der Waals surface area contributed by atoms with E-state index in [0.29, 0.717) is 12.0 Å². The Bertz CT molecular complexity index is 238. The molecule has 4 heteroatoms. The maximum Gasteiger partial charge on any atom is 0.0713 e. The van der Waals surface area contributed by atoms with Gasteiger partial charge >= 0.3 is 0 Å². The van der Waals surface area contributed by atoms with Crippen molar-refractivity contribution in [1.82, 2.24) is 5.32 Å². The van der Waals surface area contributed by atoms with E-state index in [1.807, 2.05) is 0 Å². The normalized spacial score (nSPS) is 29.3. The summed E-state index contributed by atoms with van der Waals surface area (Å²) in [6.45, 7) is 5.07. The molecule has 0 aromatic carbocycles. The summed E-state index contributed by atoms with van der Waals surface area (Å²) in [4.78, 5) is 0. The molecule has 1 spiro atoms. The Morgan fingerprint density at radius 2 is 2.22 bits per heavy atom. The molecule has 2 aliphatic rings. The minimum absolute atomic E-state index is 0.200. The van der Waals surface area contributed by atoms with Crippen molar-refractivity contribution in [2.45, 2.75) is 44.2 Å². The van der Waals surface area contributed by atoms with E-state index in [0.717, 1.165) is 26.2 Å². The van der Waals surface area contributed by atoms with Crippen molar-refractivity contribution in [1.29, 1.82) is 0 Å². The summed E-state index contributed by atoms with van der Waals surface area (Å²) < 4.78 is 11.3. The topological polar surface area (TPSA) is 30.5 Å². The monoisotopic (exact) mass is 273 g/mol. The lowest BCUT2D eigenvalue weighted by Crippen LogP contribution is -2.49. The summed E-state index contributed by atoms with van der Waals surface area (Å²) in [6, 6.07) is 0.640. The summed E-state index contributed by atoms with van der Waals surface area (Å²) in [5.74, 6) is 3.13. The van der Waals surface area contributed by atoms with Crippen LogP contribution in [-0.2, 0) is 9.47 Å². The SMILES string of the molecule is COCC(C)CNC1CCOC2(CCSCC2)C1. The zero-order chi connectivity index (χ0) is 12.8. The Hall–Kier alpha value is 0.230. The summed E-state index contributed by atoms with van der Waals surface area (Å²) in [7, 11) is 1.78. The van der Waals surface area contributed by atoms with Gasteiger partial charge in [0.05, 0.1) is 5.60 Å². The number of hydrogen-bond donors (Lipinski definition) is 1. The van der Waals surface area contributed by atoms with Crippen molar-refractivity contribution < 1.29 is 9.47 Å². The highest BCUT2D eigenvalue weighted by Gasteiger charge is 2.38. The molecule has 1 N–H and O–H groups in total. The van der Waals surface area contributed by atoms with E-state index >= 15 is 0 Å². The second kappa shape index (κ2) is 7.13. The van der Waals surface area contributed by atoms with Gasteiger partial charge in [0.25, 0.3) is 0 Å². The molecule has 2 saturated heterocycles. The van der Waals surface area contributed by atoms with E-state index in [4.69, 9.17) is 9.47 Å². The predicted octanol–water partition coefficient (Wildman–Crippen LogP) is 2.30. The highest BCUT2D eigenvalue weighted by atomic mass is 32.2. The fourth-order valence-corrected chi connectivity index (χ4v) is 4.24. The second-order valence-electron chi connectivity index (χ2n) is 5.80. The lowest BCUT2D eigenvalue weighted by Gasteiger charge is -2.43. The molecule has 0 amide bonds. The molecular formula is C14H27NO2S. The summed E-state index contributed by atoms with van der Waals surface area (Å²) in [5, 5.41) is 3.71. The van der Waals surface area contributed by atoms with Crippen LogP contribution in [0.5, 0.6) is 0 Å². The van der Waals surface area contributed by atoms with E-state index in [9.17, 15) is 0 Å². The van der Waals surface area contributed by atoms with Gasteiger partial charge in [0.15, 0.2) is 0 Å². The second-order valence-corrected chi connectivity index (χ2v) is 7.03. The third-order valence-electron chi connectivity index (χ3n) is 4.10. The van der Waals surface area contributed by atoms with Gasteiger partial charge in [0.2, 0.25) is 0 Å². The fourth-order valence-electron chi connectivity index (χ4n) is 3.01. The molecule has 2 heterocycles. The van der Waals surface area contributed by atoms with Crippen molar-refractivity contribution >= 4 is 11.8 Å². The van der Waals surface area contributed by atoms with Crippen LogP contribution in [0.3, 0.4) is 0 Å². The first kappa shape index (κ1) is 14.6. The lowest BCUT2D eigenvalue weighted by atomic mass is 9.85. The first-order valence-electron chi connectivity index (χ1n) is 7.18. The van der Waals surface area contributed by atoms with E-state index in [-0.39, 0.29) is 5.60 Å². The summed E-state index contributed by atoms with van der Waals surface area (Å²) in [5.41, 5.74) is 0.200. The molecule has 0 bridgehead atoms. The molecule has 2 fully saturated rings. The van der Waals surface area contributed by atoms with Gasteiger partial charge in [-0.1, -0.05) is 6.92 Å². The van der Waals surface area contributed by atoms with Crippen molar-refractivity contribution in [2.24, 2.45) is 5.92 Å². The quantitative estimate of drug-likeness (QED) is 0.832. The number of rotatable bonds is 5. The standard InChI is InChI=1S/C14H27NO2S/c1-12(11-16-2)10-15-13-3-6-17-14(9-13)4-7-18-8-5-14/h12-13,15H,3-11H2,1-2H3. The first-order chi connectivity index (χ1) is 8.74. The van der Waals surface area contributed by atoms with Gasteiger partial charge in [-0.3, -0.25) is 0 Å². The van der Waals surface area contributed by atoms with E-state index in [1.165, 1.54) is 30.8 Å². The first-order valence-corrected chi connectivity index (χ1v) is 8.34. The minimum atomic E-state index is 0.200.